The third-order valence-corrected chi connectivity index (χ3v) is 2.38. The van der Waals surface area contributed by atoms with Crippen LogP contribution >= 0.6 is 0 Å². The van der Waals surface area contributed by atoms with E-state index in [1.54, 1.807) is 13.0 Å². The summed E-state index contributed by atoms with van der Waals surface area (Å²) in [5.74, 6) is -1.53. The molecule has 1 unspecified atom stereocenters. The highest BCUT2D eigenvalue weighted by Crippen LogP contribution is 2.30. The summed E-state index contributed by atoms with van der Waals surface area (Å²) < 4.78 is 0. The molecule has 1 rings (SSSR count). The van der Waals surface area contributed by atoms with Crippen molar-refractivity contribution in [3.8, 4) is 5.75 Å². The molecule has 94 valence electrons. The molecule has 0 fully saturated rings. The van der Waals surface area contributed by atoms with Gasteiger partial charge in [0, 0.05) is 17.7 Å². The molecule has 0 saturated heterocycles. The monoisotopic (exact) mass is 239 g/mol. The normalized spacial score (nSPS) is 12.8. The van der Waals surface area contributed by atoms with Gasteiger partial charge in [0.1, 0.15) is 5.75 Å². The Labute approximate surface area is 99.9 Å². The SMILES string of the molecule is Cc1cc(CN(C)C)c(O)c(C(O)C(=O)O)c1. The fraction of sp³-hybridized carbons (Fsp3) is 0.417. The standard InChI is InChI=1S/C12H17NO4/c1-7-4-8(6-13(2)3)10(14)9(5-7)11(15)12(16)17/h4-5,11,14-15H,6H2,1-3H3,(H,16,17). The minimum Gasteiger partial charge on any atom is -0.507 e. The van der Waals surface area contributed by atoms with Gasteiger partial charge >= 0.3 is 5.97 Å². The minimum absolute atomic E-state index is 0.0364. The lowest BCUT2D eigenvalue weighted by Gasteiger charge is -2.16. The molecule has 5 heteroatoms. The number of aliphatic hydroxyl groups is 1. The second kappa shape index (κ2) is 5.16. The summed E-state index contributed by atoms with van der Waals surface area (Å²) in [5, 5.41) is 28.2. The highest BCUT2D eigenvalue weighted by atomic mass is 16.4. The van der Waals surface area contributed by atoms with E-state index < -0.39 is 12.1 Å². The number of nitrogens with zero attached hydrogens (tertiary/aromatic N) is 1. The van der Waals surface area contributed by atoms with Crippen molar-refractivity contribution in [2.24, 2.45) is 0 Å². The van der Waals surface area contributed by atoms with Gasteiger partial charge in [-0.05, 0) is 27.1 Å². The smallest absolute Gasteiger partial charge is 0.337 e. The van der Waals surface area contributed by atoms with Gasteiger partial charge in [0.25, 0.3) is 0 Å². The zero-order chi connectivity index (χ0) is 13.2. The van der Waals surface area contributed by atoms with Gasteiger partial charge in [0.05, 0.1) is 0 Å². The molecular weight excluding hydrogens is 222 g/mol. The molecule has 0 aromatic heterocycles. The van der Waals surface area contributed by atoms with Gasteiger partial charge in [0.2, 0.25) is 0 Å². The van der Waals surface area contributed by atoms with Crippen LogP contribution in [0.3, 0.4) is 0 Å². The molecule has 0 saturated carbocycles. The third kappa shape index (κ3) is 3.18. The van der Waals surface area contributed by atoms with Crippen LogP contribution < -0.4 is 0 Å². The van der Waals surface area contributed by atoms with E-state index in [4.69, 9.17) is 5.11 Å². The Hall–Kier alpha value is -1.59. The Balaban J connectivity index is 3.23. The molecule has 0 aliphatic heterocycles. The van der Waals surface area contributed by atoms with Gasteiger partial charge in [0.15, 0.2) is 6.10 Å². The number of aryl methyl sites for hydroxylation is 1. The lowest BCUT2D eigenvalue weighted by Crippen LogP contribution is -2.14. The molecule has 17 heavy (non-hydrogen) atoms. The first kappa shape index (κ1) is 13.5. The molecule has 0 aliphatic rings. The Bertz CT molecular complexity index is 429. The number of hydrogen-bond acceptors (Lipinski definition) is 4. The van der Waals surface area contributed by atoms with Crippen molar-refractivity contribution in [2.75, 3.05) is 14.1 Å². The van der Waals surface area contributed by atoms with E-state index in [1.165, 1.54) is 6.07 Å². The summed E-state index contributed by atoms with van der Waals surface area (Å²) in [5.41, 5.74) is 1.44. The Kier molecular flexibility index (Phi) is 4.09. The number of carbonyl (C=O) groups is 1. The van der Waals surface area contributed by atoms with Crippen LogP contribution in [0.2, 0.25) is 0 Å². The van der Waals surface area contributed by atoms with Crippen molar-refractivity contribution in [1.82, 2.24) is 4.90 Å². The van der Waals surface area contributed by atoms with Crippen LogP contribution in [0.25, 0.3) is 0 Å². The predicted octanol–water partition coefficient (Wildman–Crippen LogP) is 0.880. The molecule has 1 atom stereocenters. The number of carboxylic acids is 1. The van der Waals surface area contributed by atoms with E-state index in [0.29, 0.717) is 12.1 Å². The zero-order valence-electron chi connectivity index (χ0n) is 10.1. The summed E-state index contributed by atoms with van der Waals surface area (Å²) in [6.45, 7) is 2.27. The maximum Gasteiger partial charge on any atom is 0.337 e. The Morgan fingerprint density at radius 1 is 1.41 bits per heavy atom. The van der Waals surface area contributed by atoms with Crippen LogP contribution in [-0.4, -0.2) is 40.3 Å². The van der Waals surface area contributed by atoms with Gasteiger partial charge in [-0.3, -0.25) is 0 Å². The highest BCUT2D eigenvalue weighted by molar-refractivity contribution is 5.75. The van der Waals surface area contributed by atoms with Crippen LogP contribution in [0, 0.1) is 6.92 Å². The Morgan fingerprint density at radius 2 is 2.00 bits per heavy atom. The van der Waals surface area contributed by atoms with E-state index in [2.05, 4.69) is 0 Å². The van der Waals surface area contributed by atoms with Crippen LogP contribution in [0.15, 0.2) is 12.1 Å². The van der Waals surface area contributed by atoms with E-state index in [-0.39, 0.29) is 11.3 Å². The molecule has 0 spiro atoms. The maximum atomic E-state index is 10.7. The first-order valence-electron chi connectivity index (χ1n) is 5.21. The van der Waals surface area contributed by atoms with Gasteiger partial charge in [-0.1, -0.05) is 11.6 Å². The number of rotatable bonds is 4. The molecular formula is C12H17NO4. The number of benzene rings is 1. The first-order valence-corrected chi connectivity index (χ1v) is 5.21. The van der Waals surface area contributed by atoms with E-state index in [1.807, 2.05) is 19.0 Å². The summed E-state index contributed by atoms with van der Waals surface area (Å²) in [4.78, 5) is 12.6. The maximum absolute atomic E-state index is 10.7. The quantitative estimate of drug-likeness (QED) is 0.726. The van der Waals surface area contributed by atoms with Crippen molar-refractivity contribution in [1.29, 1.82) is 0 Å². The van der Waals surface area contributed by atoms with E-state index in [9.17, 15) is 15.0 Å². The van der Waals surface area contributed by atoms with Gasteiger partial charge in [-0.25, -0.2) is 4.79 Å². The summed E-state index contributed by atoms with van der Waals surface area (Å²) >= 11 is 0. The topological polar surface area (TPSA) is 81.0 Å². The average Bonchev–Trinajstić information content (AvgIpc) is 2.21. The number of phenols is 1. The fourth-order valence-corrected chi connectivity index (χ4v) is 1.69. The molecule has 0 aliphatic carbocycles. The van der Waals surface area contributed by atoms with Crippen molar-refractivity contribution >= 4 is 5.97 Å². The molecule has 0 amide bonds. The van der Waals surface area contributed by atoms with Crippen LogP contribution in [0.1, 0.15) is 22.8 Å². The lowest BCUT2D eigenvalue weighted by molar-refractivity contribution is -0.147. The molecule has 0 bridgehead atoms. The number of hydrogen-bond donors (Lipinski definition) is 3. The van der Waals surface area contributed by atoms with Gasteiger partial charge < -0.3 is 20.2 Å². The zero-order valence-corrected chi connectivity index (χ0v) is 10.1. The molecule has 0 radical (unpaired) electrons. The lowest BCUT2D eigenvalue weighted by atomic mass is 10.0. The summed E-state index contributed by atoms with van der Waals surface area (Å²) in [6.07, 6.45) is -1.70. The second-order valence-corrected chi connectivity index (χ2v) is 4.34. The van der Waals surface area contributed by atoms with Crippen molar-refractivity contribution in [3.63, 3.8) is 0 Å². The van der Waals surface area contributed by atoms with Crippen molar-refractivity contribution in [3.05, 3.63) is 28.8 Å². The Morgan fingerprint density at radius 3 is 2.47 bits per heavy atom. The summed E-state index contributed by atoms with van der Waals surface area (Å²) in [7, 11) is 3.68. The van der Waals surface area contributed by atoms with E-state index >= 15 is 0 Å². The molecule has 1 aromatic rings. The average molecular weight is 239 g/mol. The molecule has 0 heterocycles. The number of carboxylic acid groups (broad SMARTS) is 1. The van der Waals surface area contributed by atoms with Crippen LogP contribution in [0.5, 0.6) is 5.75 Å². The van der Waals surface area contributed by atoms with Crippen LogP contribution in [0.4, 0.5) is 0 Å². The molecule has 1 aromatic carbocycles. The van der Waals surface area contributed by atoms with Crippen molar-refractivity contribution < 1.29 is 20.1 Å². The van der Waals surface area contributed by atoms with Gasteiger partial charge in [-0.2, -0.15) is 0 Å². The number of phenolic OH excluding ortho intramolecular Hbond substituents is 1. The highest BCUT2D eigenvalue weighted by Gasteiger charge is 2.22. The van der Waals surface area contributed by atoms with Gasteiger partial charge in [-0.15, -0.1) is 0 Å². The summed E-state index contributed by atoms with van der Waals surface area (Å²) in [6, 6.07) is 3.25. The second-order valence-electron chi connectivity index (χ2n) is 4.34. The first-order chi connectivity index (χ1) is 7.82. The van der Waals surface area contributed by atoms with E-state index in [0.717, 1.165) is 5.56 Å². The predicted molar refractivity (Wildman–Crippen MR) is 62.8 cm³/mol. The fourth-order valence-electron chi connectivity index (χ4n) is 1.69. The number of aliphatic carboxylic acids is 1. The molecule has 5 nitrogen and oxygen atoms in total. The number of aromatic hydroxyl groups is 1. The number of aliphatic hydroxyl groups excluding tert-OH is 1. The third-order valence-electron chi connectivity index (χ3n) is 2.38. The largest absolute Gasteiger partial charge is 0.507 e. The van der Waals surface area contributed by atoms with Crippen molar-refractivity contribution in [2.45, 2.75) is 19.6 Å². The van der Waals surface area contributed by atoms with Crippen LogP contribution in [-0.2, 0) is 11.3 Å². The molecule has 3 N–H and O–H groups in total. The minimum atomic E-state index is -1.70.